The Balaban J connectivity index is 2.22. The summed E-state index contributed by atoms with van der Waals surface area (Å²) in [6, 6.07) is 15.7. The van der Waals surface area contributed by atoms with Crippen LogP contribution in [0.2, 0.25) is 0 Å². The van der Waals surface area contributed by atoms with Gasteiger partial charge in [-0.1, -0.05) is 109 Å². The lowest BCUT2D eigenvalue weighted by atomic mass is 9.76. The summed E-state index contributed by atoms with van der Waals surface area (Å²) in [4.78, 5) is 53.0. The summed E-state index contributed by atoms with van der Waals surface area (Å²) in [5.74, 6) is -2.19. The zero-order valence-electron chi connectivity index (χ0n) is 27.7. The first-order chi connectivity index (χ1) is 20.5. The average molecular weight is 607 g/mol. The number of rotatable bonds is 14. The van der Waals surface area contributed by atoms with Crippen LogP contribution in [0.1, 0.15) is 66.9 Å². The molecule has 9 heteroatoms. The van der Waals surface area contributed by atoms with Gasteiger partial charge >= 0.3 is 5.97 Å². The van der Waals surface area contributed by atoms with Crippen molar-refractivity contribution >= 4 is 23.7 Å². The molecule has 44 heavy (non-hydrogen) atoms. The number of carbonyl (C=O) groups excluding carboxylic acids is 3. The minimum absolute atomic E-state index is 0.110. The Labute approximate surface area is 262 Å². The second kappa shape index (κ2) is 15.7. The molecule has 3 atom stereocenters. The van der Waals surface area contributed by atoms with E-state index in [9.17, 15) is 24.3 Å². The molecule has 0 saturated carbocycles. The SMILES string of the molecule is CCCC(NC(=O)/C(C)=C/CN(C)C(=O)C(NC(=O)C(NC)C(C)(C)c1cccc(-c2ccccc2)c1)C(C)(C)C)C(=O)O. The largest absolute Gasteiger partial charge is 0.480 e. The first-order valence-corrected chi connectivity index (χ1v) is 15.1. The summed E-state index contributed by atoms with van der Waals surface area (Å²) in [6.07, 6.45) is 2.52. The summed E-state index contributed by atoms with van der Waals surface area (Å²) in [6.45, 7) is 13.2. The highest BCUT2D eigenvalue weighted by atomic mass is 16.4. The number of amides is 3. The Morgan fingerprint density at radius 3 is 2.07 bits per heavy atom. The van der Waals surface area contributed by atoms with E-state index in [1.165, 1.54) is 4.90 Å². The van der Waals surface area contributed by atoms with E-state index in [0.717, 1.165) is 16.7 Å². The maximum Gasteiger partial charge on any atom is 0.326 e. The average Bonchev–Trinajstić information content (AvgIpc) is 2.97. The van der Waals surface area contributed by atoms with E-state index in [2.05, 4.69) is 22.0 Å². The fourth-order valence-corrected chi connectivity index (χ4v) is 5.09. The van der Waals surface area contributed by atoms with Crippen molar-refractivity contribution in [3.63, 3.8) is 0 Å². The van der Waals surface area contributed by atoms with Gasteiger partial charge in [-0.05, 0) is 42.5 Å². The summed E-state index contributed by atoms with van der Waals surface area (Å²) in [5.41, 5.74) is 2.19. The molecule has 9 nitrogen and oxygen atoms in total. The van der Waals surface area contributed by atoms with Gasteiger partial charge in [-0.3, -0.25) is 14.4 Å². The lowest BCUT2D eigenvalue weighted by Crippen LogP contribution is -2.60. The van der Waals surface area contributed by atoms with Crippen molar-refractivity contribution in [1.82, 2.24) is 20.9 Å². The third-order valence-corrected chi connectivity index (χ3v) is 7.97. The van der Waals surface area contributed by atoms with Crippen molar-refractivity contribution in [2.45, 2.75) is 84.8 Å². The Hall–Kier alpha value is -3.98. The number of likely N-dealkylation sites (N-methyl/N-ethyl adjacent to an activating group) is 2. The van der Waals surface area contributed by atoms with Crippen molar-refractivity contribution < 1.29 is 24.3 Å². The molecule has 3 amide bonds. The zero-order chi connectivity index (χ0) is 33.2. The molecule has 2 aromatic carbocycles. The highest BCUT2D eigenvalue weighted by Crippen LogP contribution is 2.31. The van der Waals surface area contributed by atoms with Gasteiger partial charge in [0.1, 0.15) is 12.1 Å². The third kappa shape index (κ3) is 9.51. The molecule has 2 aromatic rings. The van der Waals surface area contributed by atoms with Gasteiger partial charge in [0.05, 0.1) is 6.04 Å². The first kappa shape index (κ1) is 36.2. The Morgan fingerprint density at radius 1 is 0.909 bits per heavy atom. The van der Waals surface area contributed by atoms with E-state index in [4.69, 9.17) is 0 Å². The predicted molar refractivity (Wildman–Crippen MR) is 175 cm³/mol. The van der Waals surface area contributed by atoms with Crippen LogP contribution < -0.4 is 16.0 Å². The van der Waals surface area contributed by atoms with Gasteiger partial charge in [-0.25, -0.2) is 4.79 Å². The second-order valence-corrected chi connectivity index (χ2v) is 13.0. The van der Waals surface area contributed by atoms with Crippen LogP contribution >= 0.6 is 0 Å². The monoisotopic (exact) mass is 606 g/mol. The molecule has 0 fully saturated rings. The van der Waals surface area contributed by atoms with Crippen molar-refractivity contribution in [3.05, 3.63) is 71.8 Å². The van der Waals surface area contributed by atoms with Gasteiger partial charge in [-0.15, -0.1) is 0 Å². The summed E-state index contributed by atoms with van der Waals surface area (Å²) >= 11 is 0. The Morgan fingerprint density at radius 2 is 1.52 bits per heavy atom. The van der Waals surface area contributed by atoms with Crippen molar-refractivity contribution in [2.75, 3.05) is 20.6 Å². The van der Waals surface area contributed by atoms with Crippen LogP contribution in [0.4, 0.5) is 0 Å². The Bertz CT molecular complexity index is 1330. The highest BCUT2D eigenvalue weighted by Gasteiger charge is 2.40. The van der Waals surface area contributed by atoms with E-state index >= 15 is 0 Å². The molecule has 0 aliphatic heterocycles. The van der Waals surface area contributed by atoms with E-state index in [1.54, 1.807) is 27.1 Å². The van der Waals surface area contributed by atoms with Gasteiger partial charge in [-0.2, -0.15) is 0 Å². The highest BCUT2D eigenvalue weighted by molar-refractivity contribution is 5.95. The van der Waals surface area contributed by atoms with Crippen LogP contribution in [0, 0.1) is 5.41 Å². The number of nitrogens with zero attached hydrogens (tertiary/aromatic N) is 1. The molecule has 0 bridgehead atoms. The molecule has 240 valence electrons. The van der Waals surface area contributed by atoms with Gasteiger partial charge in [0, 0.05) is 24.6 Å². The maximum atomic E-state index is 13.8. The van der Waals surface area contributed by atoms with Crippen LogP contribution in [0.5, 0.6) is 0 Å². The molecular formula is C35H50N4O5. The van der Waals surface area contributed by atoms with Crippen LogP contribution in [0.25, 0.3) is 11.1 Å². The summed E-state index contributed by atoms with van der Waals surface area (Å²) in [5, 5.41) is 18.1. The fourth-order valence-electron chi connectivity index (χ4n) is 5.09. The van der Waals surface area contributed by atoms with Crippen molar-refractivity contribution in [2.24, 2.45) is 5.41 Å². The number of nitrogens with one attached hydrogen (secondary N) is 3. The Kier molecular flexibility index (Phi) is 12.9. The van der Waals surface area contributed by atoms with E-state index in [0.29, 0.717) is 18.4 Å². The quantitative estimate of drug-likeness (QED) is 0.234. The number of hydrogen-bond donors (Lipinski definition) is 4. The van der Waals surface area contributed by atoms with Crippen LogP contribution in [0.3, 0.4) is 0 Å². The number of benzene rings is 2. The third-order valence-electron chi connectivity index (χ3n) is 7.97. The lowest BCUT2D eigenvalue weighted by Gasteiger charge is -2.38. The van der Waals surface area contributed by atoms with Gasteiger partial charge in [0.15, 0.2) is 0 Å². The fraction of sp³-hybridized carbons (Fsp3) is 0.486. The molecule has 0 aliphatic rings. The molecule has 0 spiro atoms. The molecule has 2 rings (SSSR count). The maximum absolute atomic E-state index is 13.8. The smallest absolute Gasteiger partial charge is 0.326 e. The first-order valence-electron chi connectivity index (χ1n) is 15.1. The summed E-state index contributed by atoms with van der Waals surface area (Å²) < 4.78 is 0. The predicted octanol–water partition coefficient (Wildman–Crippen LogP) is 4.52. The molecule has 0 radical (unpaired) electrons. The van der Waals surface area contributed by atoms with Crippen molar-refractivity contribution in [1.29, 1.82) is 0 Å². The number of carboxylic acid groups (broad SMARTS) is 1. The van der Waals surface area contributed by atoms with E-state index in [-0.39, 0.29) is 18.4 Å². The number of carboxylic acids is 1. The molecule has 0 aromatic heterocycles. The number of hydrogen-bond acceptors (Lipinski definition) is 5. The van der Waals surface area contributed by atoms with E-state index in [1.807, 2.05) is 90.1 Å². The van der Waals surface area contributed by atoms with Crippen LogP contribution in [0.15, 0.2) is 66.2 Å². The minimum atomic E-state index is -1.09. The molecule has 3 unspecified atom stereocenters. The second-order valence-electron chi connectivity index (χ2n) is 13.0. The standard InChI is InChI=1S/C35H50N4O5/c1-10-15-27(33(43)44)37-30(40)23(2)20-21-39(9)32(42)29(34(3,4)5)38-31(41)28(36-8)35(6,7)26-19-14-18-25(22-26)24-16-12-11-13-17-24/h11-14,16-20,22,27-29,36H,10,15,21H2,1-9H3,(H,37,40)(H,38,41)(H,43,44)/b23-20+. The lowest BCUT2D eigenvalue weighted by molar-refractivity contribution is -0.141. The topological polar surface area (TPSA) is 128 Å². The molecule has 4 N–H and O–H groups in total. The zero-order valence-corrected chi connectivity index (χ0v) is 27.7. The van der Waals surface area contributed by atoms with Gasteiger partial charge in [0.25, 0.3) is 0 Å². The number of aliphatic carboxylic acids is 1. The minimum Gasteiger partial charge on any atom is -0.480 e. The molecule has 0 aliphatic carbocycles. The van der Waals surface area contributed by atoms with Crippen molar-refractivity contribution in [3.8, 4) is 11.1 Å². The van der Waals surface area contributed by atoms with Gasteiger partial charge < -0.3 is 26.0 Å². The normalized spacial score (nSPS) is 14.2. The van der Waals surface area contributed by atoms with Crippen LogP contribution in [-0.2, 0) is 24.6 Å². The van der Waals surface area contributed by atoms with E-state index < -0.39 is 40.8 Å². The summed E-state index contributed by atoms with van der Waals surface area (Å²) in [7, 11) is 3.35. The number of carbonyl (C=O) groups is 4. The molecule has 0 heterocycles. The molecular weight excluding hydrogens is 556 g/mol. The van der Waals surface area contributed by atoms with Crippen LogP contribution in [-0.4, -0.2) is 72.5 Å². The van der Waals surface area contributed by atoms with Gasteiger partial charge in [0.2, 0.25) is 17.7 Å². The molecule has 0 saturated heterocycles.